The Kier molecular flexibility index (Phi) is 3.78. The van der Waals surface area contributed by atoms with E-state index in [1.54, 1.807) is 18.2 Å². The molecule has 0 spiro atoms. The Morgan fingerprint density at radius 2 is 1.94 bits per heavy atom. The van der Waals surface area contributed by atoms with Crippen LogP contribution in [-0.2, 0) is 0 Å². The van der Waals surface area contributed by atoms with Crippen LogP contribution in [-0.4, -0.2) is 0 Å². The summed E-state index contributed by atoms with van der Waals surface area (Å²) in [6, 6.07) is 7.56. The monoisotopic (exact) mass is 329 g/mol. The summed E-state index contributed by atoms with van der Waals surface area (Å²) < 4.78 is 19.4. The molecule has 0 saturated heterocycles. The fraction of sp³-hybridized carbons (Fsp3) is 0.0769. The van der Waals surface area contributed by atoms with Crippen LogP contribution < -0.4 is 10.5 Å². The van der Waals surface area contributed by atoms with Gasteiger partial charge in [-0.3, -0.25) is 0 Å². The molecule has 0 radical (unpaired) electrons. The van der Waals surface area contributed by atoms with Gasteiger partial charge in [0.1, 0.15) is 17.3 Å². The highest BCUT2D eigenvalue weighted by Gasteiger charge is 2.09. The summed E-state index contributed by atoms with van der Waals surface area (Å²) in [5.74, 6) is 0.562. The zero-order valence-corrected chi connectivity index (χ0v) is 11.8. The number of hydrogen-bond acceptors (Lipinski definition) is 2. The number of aryl methyl sites for hydroxylation is 1. The summed E-state index contributed by atoms with van der Waals surface area (Å²) in [4.78, 5) is 0. The zero-order chi connectivity index (χ0) is 13.3. The molecule has 0 unspecified atom stereocenters. The average Bonchev–Trinajstić information content (AvgIpc) is 2.30. The highest BCUT2D eigenvalue weighted by atomic mass is 79.9. The molecule has 0 aliphatic rings. The first-order valence-electron chi connectivity index (χ1n) is 5.16. The quantitative estimate of drug-likeness (QED) is 0.793. The van der Waals surface area contributed by atoms with Gasteiger partial charge in [-0.1, -0.05) is 11.6 Å². The topological polar surface area (TPSA) is 35.2 Å². The van der Waals surface area contributed by atoms with E-state index in [4.69, 9.17) is 22.1 Å². The van der Waals surface area contributed by atoms with E-state index in [2.05, 4.69) is 15.9 Å². The fourth-order valence-corrected chi connectivity index (χ4v) is 1.95. The Balaban J connectivity index is 2.40. The minimum absolute atomic E-state index is 0.368. The molecule has 18 heavy (non-hydrogen) atoms. The van der Waals surface area contributed by atoms with Gasteiger partial charge < -0.3 is 10.5 Å². The third-order valence-corrected chi connectivity index (χ3v) is 3.39. The third kappa shape index (κ3) is 2.76. The molecule has 0 saturated carbocycles. The molecular formula is C13H10BrClFNO. The minimum Gasteiger partial charge on any atom is -0.456 e. The zero-order valence-electron chi connectivity index (χ0n) is 9.51. The first kappa shape index (κ1) is 13.2. The number of anilines is 1. The number of hydrogen-bond donors (Lipinski definition) is 1. The molecular weight excluding hydrogens is 321 g/mol. The Morgan fingerprint density at radius 3 is 2.67 bits per heavy atom. The highest BCUT2D eigenvalue weighted by molar-refractivity contribution is 9.10. The van der Waals surface area contributed by atoms with Crippen molar-refractivity contribution in [2.45, 2.75) is 6.92 Å². The molecule has 0 aliphatic carbocycles. The molecule has 2 aromatic carbocycles. The van der Waals surface area contributed by atoms with Gasteiger partial charge in [0.2, 0.25) is 0 Å². The Labute approximate surface area is 118 Å². The van der Waals surface area contributed by atoms with Gasteiger partial charge in [-0.25, -0.2) is 4.39 Å². The van der Waals surface area contributed by atoms with Gasteiger partial charge in [0.05, 0.1) is 15.2 Å². The van der Waals surface area contributed by atoms with E-state index >= 15 is 0 Å². The molecule has 0 amide bonds. The van der Waals surface area contributed by atoms with Crippen molar-refractivity contribution in [2.75, 3.05) is 5.73 Å². The van der Waals surface area contributed by atoms with Crippen LogP contribution in [0, 0.1) is 12.7 Å². The van der Waals surface area contributed by atoms with Gasteiger partial charge in [-0.15, -0.1) is 0 Å². The minimum atomic E-state index is -0.368. The van der Waals surface area contributed by atoms with E-state index in [0.717, 1.165) is 5.56 Å². The highest BCUT2D eigenvalue weighted by Crippen LogP contribution is 2.35. The van der Waals surface area contributed by atoms with Crippen molar-refractivity contribution in [3.8, 4) is 11.5 Å². The van der Waals surface area contributed by atoms with Crippen molar-refractivity contribution < 1.29 is 9.13 Å². The van der Waals surface area contributed by atoms with E-state index in [1.807, 2.05) is 6.92 Å². The summed E-state index contributed by atoms with van der Waals surface area (Å²) in [6.07, 6.45) is 0. The number of nitrogen functional groups attached to an aromatic ring is 1. The summed E-state index contributed by atoms with van der Waals surface area (Å²) in [5, 5.41) is 0.406. The molecule has 2 rings (SSSR count). The molecule has 5 heteroatoms. The van der Waals surface area contributed by atoms with Crippen molar-refractivity contribution in [3.63, 3.8) is 0 Å². The molecule has 0 aliphatic heterocycles. The number of nitrogens with two attached hydrogens (primary N) is 1. The van der Waals surface area contributed by atoms with Crippen molar-refractivity contribution in [2.24, 2.45) is 0 Å². The van der Waals surface area contributed by atoms with E-state index in [-0.39, 0.29) is 5.82 Å². The molecule has 0 heterocycles. The maximum atomic E-state index is 13.1. The first-order valence-corrected chi connectivity index (χ1v) is 6.33. The first-order chi connectivity index (χ1) is 8.47. The average molecular weight is 331 g/mol. The van der Waals surface area contributed by atoms with Crippen molar-refractivity contribution in [1.29, 1.82) is 0 Å². The summed E-state index contributed by atoms with van der Waals surface area (Å²) in [5.41, 5.74) is 6.99. The lowest BCUT2D eigenvalue weighted by atomic mass is 10.2. The predicted octanol–water partition coefficient (Wildman–Crippen LogP) is 4.92. The van der Waals surface area contributed by atoms with E-state index in [0.29, 0.717) is 26.7 Å². The SMILES string of the molecule is Cc1cc(N)c(Cl)cc1Oc1cc(F)ccc1Br. The Morgan fingerprint density at radius 1 is 1.22 bits per heavy atom. The lowest BCUT2D eigenvalue weighted by Crippen LogP contribution is -1.93. The summed E-state index contributed by atoms with van der Waals surface area (Å²) in [6.45, 7) is 1.84. The summed E-state index contributed by atoms with van der Waals surface area (Å²) >= 11 is 9.23. The van der Waals surface area contributed by atoms with E-state index in [1.165, 1.54) is 12.1 Å². The molecule has 94 valence electrons. The molecule has 0 aromatic heterocycles. The second kappa shape index (κ2) is 5.16. The lowest BCUT2D eigenvalue weighted by molar-refractivity contribution is 0.470. The maximum absolute atomic E-state index is 13.1. The predicted molar refractivity (Wildman–Crippen MR) is 74.8 cm³/mol. The fourth-order valence-electron chi connectivity index (χ4n) is 1.47. The largest absolute Gasteiger partial charge is 0.456 e. The third-order valence-electron chi connectivity index (χ3n) is 2.41. The molecule has 0 fully saturated rings. The molecule has 2 aromatic rings. The number of benzene rings is 2. The molecule has 0 bridgehead atoms. The number of ether oxygens (including phenoxy) is 1. The van der Waals surface area contributed by atoms with E-state index < -0.39 is 0 Å². The van der Waals surface area contributed by atoms with Crippen LogP contribution in [0.1, 0.15) is 5.56 Å². The second-order valence-electron chi connectivity index (χ2n) is 3.82. The van der Waals surface area contributed by atoms with Gasteiger partial charge in [0, 0.05) is 12.1 Å². The number of halogens is 3. The standard InChI is InChI=1S/C13H10BrClFNO/c1-7-4-11(17)10(15)6-12(7)18-13-5-8(16)2-3-9(13)14/h2-6H,17H2,1H3. The van der Waals surface area contributed by atoms with Crippen LogP contribution in [0.4, 0.5) is 10.1 Å². The van der Waals surface area contributed by atoms with Gasteiger partial charge in [-0.05, 0) is 46.6 Å². The van der Waals surface area contributed by atoms with Gasteiger partial charge in [0.15, 0.2) is 0 Å². The molecule has 2 nitrogen and oxygen atoms in total. The van der Waals surface area contributed by atoms with Crippen molar-refractivity contribution in [3.05, 3.63) is 51.2 Å². The van der Waals surface area contributed by atoms with Gasteiger partial charge in [-0.2, -0.15) is 0 Å². The van der Waals surface area contributed by atoms with Crippen LogP contribution in [0.5, 0.6) is 11.5 Å². The van der Waals surface area contributed by atoms with E-state index in [9.17, 15) is 4.39 Å². The van der Waals surface area contributed by atoms with Gasteiger partial charge >= 0.3 is 0 Å². The maximum Gasteiger partial charge on any atom is 0.144 e. The number of rotatable bonds is 2. The molecule has 0 atom stereocenters. The van der Waals surface area contributed by atoms with Crippen LogP contribution in [0.2, 0.25) is 5.02 Å². The van der Waals surface area contributed by atoms with Crippen molar-refractivity contribution >= 4 is 33.2 Å². The normalized spacial score (nSPS) is 10.4. The summed E-state index contributed by atoms with van der Waals surface area (Å²) in [7, 11) is 0. The van der Waals surface area contributed by atoms with Gasteiger partial charge in [0.25, 0.3) is 0 Å². The van der Waals surface area contributed by atoms with Crippen molar-refractivity contribution in [1.82, 2.24) is 0 Å². The Hall–Kier alpha value is -1.26. The van der Waals surface area contributed by atoms with Crippen LogP contribution >= 0.6 is 27.5 Å². The van der Waals surface area contributed by atoms with Crippen LogP contribution in [0.3, 0.4) is 0 Å². The van der Waals surface area contributed by atoms with Crippen LogP contribution in [0.15, 0.2) is 34.8 Å². The second-order valence-corrected chi connectivity index (χ2v) is 5.08. The Bertz CT molecular complexity index is 604. The molecule has 2 N–H and O–H groups in total. The van der Waals surface area contributed by atoms with Crippen LogP contribution in [0.25, 0.3) is 0 Å². The lowest BCUT2D eigenvalue weighted by Gasteiger charge is -2.11. The smallest absolute Gasteiger partial charge is 0.144 e.